The lowest BCUT2D eigenvalue weighted by Crippen LogP contribution is -2.48. The van der Waals surface area contributed by atoms with Crippen LogP contribution in [0.5, 0.6) is 0 Å². The predicted molar refractivity (Wildman–Crippen MR) is 106 cm³/mol. The summed E-state index contributed by atoms with van der Waals surface area (Å²) < 4.78 is 0. The number of urea groups is 1. The van der Waals surface area contributed by atoms with E-state index >= 15 is 0 Å². The molecule has 0 radical (unpaired) electrons. The molecule has 0 atom stereocenters. The molecule has 2 rings (SSSR count). The Hall–Kier alpha value is -2.24. The van der Waals surface area contributed by atoms with Crippen LogP contribution in [0.3, 0.4) is 0 Å². The van der Waals surface area contributed by atoms with Gasteiger partial charge in [-0.05, 0) is 44.2 Å². The fourth-order valence-electron chi connectivity index (χ4n) is 3.17. The minimum absolute atomic E-state index is 0.0103. The molecule has 0 spiro atoms. The summed E-state index contributed by atoms with van der Waals surface area (Å²) >= 11 is 0. The second-order valence-corrected chi connectivity index (χ2v) is 7.22. The predicted octanol–water partition coefficient (Wildman–Crippen LogP) is 2.75. The van der Waals surface area contributed by atoms with Crippen molar-refractivity contribution in [1.29, 1.82) is 0 Å². The minimum Gasteiger partial charge on any atom is -0.371 e. The maximum atomic E-state index is 12.6. The highest BCUT2D eigenvalue weighted by atomic mass is 16.2. The number of para-hydroxylation sites is 1. The molecule has 6 heteroatoms. The lowest BCUT2D eigenvalue weighted by Gasteiger charge is -2.34. The summed E-state index contributed by atoms with van der Waals surface area (Å²) in [6.07, 6.45) is 2.73. The number of anilines is 1. The number of carbonyl (C=O) groups excluding carboxylic acids is 2. The first-order chi connectivity index (χ1) is 12.5. The standard InChI is InChI=1S/C20H32N4O2/c1-4-21-20(26)23-16-10-13-24(14-11-16)18-8-6-5-7-17(18)19(25)22-12-9-15(2)3/h5-8,15-16H,4,9-14H2,1-3H3,(H,22,25)(H2,21,23,26). The summed E-state index contributed by atoms with van der Waals surface area (Å²) in [5.41, 5.74) is 1.71. The maximum Gasteiger partial charge on any atom is 0.314 e. The summed E-state index contributed by atoms with van der Waals surface area (Å²) in [5.74, 6) is 0.561. The molecular formula is C20H32N4O2. The van der Waals surface area contributed by atoms with Crippen molar-refractivity contribution in [2.24, 2.45) is 5.92 Å². The Balaban J connectivity index is 1.93. The summed E-state index contributed by atoms with van der Waals surface area (Å²) in [7, 11) is 0. The summed E-state index contributed by atoms with van der Waals surface area (Å²) in [4.78, 5) is 26.5. The molecule has 3 amide bonds. The van der Waals surface area contributed by atoms with Crippen LogP contribution in [0.25, 0.3) is 0 Å². The monoisotopic (exact) mass is 360 g/mol. The fraction of sp³-hybridized carbons (Fsp3) is 0.600. The molecule has 0 saturated carbocycles. The Morgan fingerprint density at radius 2 is 1.85 bits per heavy atom. The Labute approximate surface area is 156 Å². The normalized spacial score (nSPS) is 15.0. The lowest BCUT2D eigenvalue weighted by molar-refractivity contribution is 0.0952. The van der Waals surface area contributed by atoms with Gasteiger partial charge in [0, 0.05) is 37.9 Å². The van der Waals surface area contributed by atoms with Gasteiger partial charge >= 0.3 is 6.03 Å². The quantitative estimate of drug-likeness (QED) is 0.700. The van der Waals surface area contributed by atoms with Crippen molar-refractivity contribution in [2.75, 3.05) is 31.1 Å². The zero-order valence-electron chi connectivity index (χ0n) is 16.2. The van der Waals surface area contributed by atoms with Crippen molar-refractivity contribution < 1.29 is 9.59 Å². The van der Waals surface area contributed by atoms with E-state index in [2.05, 4.69) is 34.7 Å². The van der Waals surface area contributed by atoms with E-state index in [-0.39, 0.29) is 18.0 Å². The van der Waals surface area contributed by atoms with Crippen molar-refractivity contribution >= 4 is 17.6 Å². The van der Waals surface area contributed by atoms with Crippen LogP contribution in [-0.2, 0) is 0 Å². The molecule has 144 valence electrons. The highest BCUT2D eigenvalue weighted by Gasteiger charge is 2.23. The van der Waals surface area contributed by atoms with Gasteiger partial charge in [-0.25, -0.2) is 4.79 Å². The largest absolute Gasteiger partial charge is 0.371 e. The third kappa shape index (κ3) is 5.93. The van der Waals surface area contributed by atoms with Gasteiger partial charge in [0.05, 0.1) is 5.56 Å². The third-order valence-corrected chi connectivity index (χ3v) is 4.66. The lowest BCUT2D eigenvalue weighted by atomic mass is 10.0. The molecule has 1 aliphatic rings. The highest BCUT2D eigenvalue weighted by Crippen LogP contribution is 2.24. The first-order valence-corrected chi connectivity index (χ1v) is 9.67. The van der Waals surface area contributed by atoms with Crippen molar-refractivity contribution in [1.82, 2.24) is 16.0 Å². The molecule has 0 aliphatic carbocycles. The number of benzene rings is 1. The van der Waals surface area contributed by atoms with Crippen molar-refractivity contribution in [3.05, 3.63) is 29.8 Å². The van der Waals surface area contributed by atoms with E-state index in [0.717, 1.165) is 43.6 Å². The molecule has 1 aromatic rings. The molecule has 1 fully saturated rings. The Morgan fingerprint density at radius 3 is 2.50 bits per heavy atom. The maximum absolute atomic E-state index is 12.6. The van der Waals surface area contributed by atoms with Gasteiger partial charge in [0.25, 0.3) is 5.91 Å². The van der Waals surface area contributed by atoms with Crippen LogP contribution in [0, 0.1) is 5.92 Å². The molecule has 0 bridgehead atoms. The van der Waals surface area contributed by atoms with E-state index in [4.69, 9.17) is 0 Å². The van der Waals surface area contributed by atoms with E-state index < -0.39 is 0 Å². The van der Waals surface area contributed by atoms with Gasteiger partial charge in [0.2, 0.25) is 0 Å². The van der Waals surface area contributed by atoms with E-state index in [9.17, 15) is 9.59 Å². The van der Waals surface area contributed by atoms with Gasteiger partial charge in [0.1, 0.15) is 0 Å². The van der Waals surface area contributed by atoms with E-state index in [1.54, 1.807) is 0 Å². The second kappa shape index (κ2) is 10.0. The number of nitrogens with zero attached hydrogens (tertiary/aromatic N) is 1. The number of piperidine rings is 1. The van der Waals surface area contributed by atoms with Gasteiger partial charge in [-0.3, -0.25) is 4.79 Å². The zero-order valence-corrected chi connectivity index (χ0v) is 16.2. The number of carbonyl (C=O) groups is 2. The summed E-state index contributed by atoms with van der Waals surface area (Å²) in [5, 5.41) is 8.81. The van der Waals surface area contributed by atoms with Crippen molar-refractivity contribution in [2.45, 2.75) is 46.1 Å². The van der Waals surface area contributed by atoms with Crippen molar-refractivity contribution in [3.63, 3.8) is 0 Å². The van der Waals surface area contributed by atoms with Gasteiger partial charge in [-0.2, -0.15) is 0 Å². The van der Waals surface area contributed by atoms with Gasteiger partial charge in [0.15, 0.2) is 0 Å². The number of nitrogens with one attached hydrogen (secondary N) is 3. The van der Waals surface area contributed by atoms with Gasteiger partial charge in [-0.15, -0.1) is 0 Å². The molecule has 1 aliphatic heterocycles. The topological polar surface area (TPSA) is 73.5 Å². The molecule has 6 nitrogen and oxygen atoms in total. The Kier molecular flexibility index (Phi) is 7.75. The second-order valence-electron chi connectivity index (χ2n) is 7.22. The Bertz CT molecular complexity index is 595. The van der Waals surface area contributed by atoms with Crippen molar-refractivity contribution in [3.8, 4) is 0 Å². The number of rotatable bonds is 7. The third-order valence-electron chi connectivity index (χ3n) is 4.66. The zero-order chi connectivity index (χ0) is 18.9. The van der Waals surface area contributed by atoms with Gasteiger partial charge in [-0.1, -0.05) is 26.0 Å². The highest BCUT2D eigenvalue weighted by molar-refractivity contribution is 5.99. The SMILES string of the molecule is CCNC(=O)NC1CCN(c2ccccc2C(=O)NCCC(C)C)CC1. The van der Waals surface area contributed by atoms with Crippen LogP contribution in [-0.4, -0.2) is 44.2 Å². The molecular weight excluding hydrogens is 328 g/mol. The summed E-state index contributed by atoms with van der Waals surface area (Å²) in [6, 6.07) is 7.86. The summed E-state index contributed by atoms with van der Waals surface area (Å²) in [6.45, 7) is 9.19. The first-order valence-electron chi connectivity index (χ1n) is 9.67. The fourth-order valence-corrected chi connectivity index (χ4v) is 3.17. The number of hydrogen-bond acceptors (Lipinski definition) is 3. The smallest absolute Gasteiger partial charge is 0.314 e. The molecule has 0 unspecified atom stereocenters. The van der Waals surface area contributed by atoms with Crippen LogP contribution in [0.1, 0.15) is 50.4 Å². The van der Waals surface area contributed by atoms with Crippen LogP contribution in [0.2, 0.25) is 0 Å². The average molecular weight is 361 g/mol. The minimum atomic E-state index is -0.101. The number of amides is 3. The molecule has 1 saturated heterocycles. The van der Waals surface area contributed by atoms with E-state index in [0.29, 0.717) is 19.0 Å². The molecule has 1 aromatic carbocycles. The molecule has 1 heterocycles. The van der Waals surface area contributed by atoms with Gasteiger partial charge < -0.3 is 20.9 Å². The van der Waals surface area contributed by atoms with Crippen LogP contribution >= 0.6 is 0 Å². The van der Waals surface area contributed by atoms with E-state index in [1.165, 1.54) is 0 Å². The van der Waals surface area contributed by atoms with Crippen LogP contribution in [0.15, 0.2) is 24.3 Å². The molecule has 3 N–H and O–H groups in total. The van der Waals surface area contributed by atoms with Crippen LogP contribution < -0.4 is 20.9 Å². The molecule has 0 aromatic heterocycles. The first kappa shape index (κ1) is 20.1. The average Bonchev–Trinajstić information content (AvgIpc) is 2.62. The number of hydrogen-bond donors (Lipinski definition) is 3. The van der Waals surface area contributed by atoms with E-state index in [1.807, 2.05) is 31.2 Å². The Morgan fingerprint density at radius 1 is 1.15 bits per heavy atom. The molecule has 26 heavy (non-hydrogen) atoms. The van der Waals surface area contributed by atoms with Crippen LogP contribution in [0.4, 0.5) is 10.5 Å².